The monoisotopic (exact) mass is 356 g/mol. The van der Waals surface area contributed by atoms with E-state index in [0.29, 0.717) is 30.6 Å². The number of pyridine rings is 1. The minimum atomic E-state index is -0.135. The normalized spacial score (nSPS) is 10.8. The van der Waals surface area contributed by atoms with Gasteiger partial charge in [0.25, 0.3) is 5.91 Å². The lowest BCUT2D eigenvalue weighted by molar-refractivity contribution is 0.0948. The zero-order chi connectivity index (χ0) is 18.9. The Labute approximate surface area is 155 Å². The van der Waals surface area contributed by atoms with Gasteiger partial charge in [0.15, 0.2) is 0 Å². The zero-order valence-corrected chi connectivity index (χ0v) is 16.0. The van der Waals surface area contributed by atoms with Gasteiger partial charge >= 0.3 is 0 Å². The molecule has 0 fully saturated rings. The van der Waals surface area contributed by atoms with Crippen LogP contribution < -0.4 is 15.4 Å². The Morgan fingerprint density at radius 1 is 1.23 bits per heavy atom. The molecule has 0 aliphatic carbocycles. The van der Waals surface area contributed by atoms with Crippen molar-refractivity contribution in [1.82, 2.24) is 15.2 Å². The van der Waals surface area contributed by atoms with Gasteiger partial charge in [-0.25, -0.2) is 4.98 Å². The summed E-state index contributed by atoms with van der Waals surface area (Å²) in [5, 5.41) is 6.16. The van der Waals surface area contributed by atoms with Crippen LogP contribution in [0.2, 0.25) is 0 Å². The number of carbonyl (C=O) groups is 1. The third-order valence-corrected chi connectivity index (χ3v) is 4.11. The van der Waals surface area contributed by atoms with Gasteiger partial charge in [-0.3, -0.25) is 4.79 Å². The van der Waals surface area contributed by atoms with E-state index < -0.39 is 0 Å². The first-order valence-electron chi connectivity index (χ1n) is 8.94. The standard InChI is InChI=1S/C20H28N4O2/c1-5-26-17-10-8-16(9-11-17)23-19-18(7-6-12-21-19)20(25)22-13-14-24(4)15(2)3/h6-12,15H,5,13-14H2,1-4H3,(H,21,23)(H,22,25). The summed E-state index contributed by atoms with van der Waals surface area (Å²) in [5.41, 5.74) is 1.37. The number of amides is 1. The second kappa shape index (κ2) is 9.77. The number of benzene rings is 1. The highest BCUT2D eigenvalue weighted by Gasteiger charge is 2.13. The molecular formula is C20H28N4O2. The molecule has 26 heavy (non-hydrogen) atoms. The van der Waals surface area contributed by atoms with Gasteiger partial charge in [-0.15, -0.1) is 0 Å². The number of hydrogen-bond acceptors (Lipinski definition) is 5. The number of likely N-dealkylation sites (N-methyl/N-ethyl adjacent to an activating group) is 1. The number of carbonyl (C=O) groups excluding carboxylic acids is 1. The maximum atomic E-state index is 12.5. The number of aromatic nitrogens is 1. The fourth-order valence-electron chi connectivity index (χ4n) is 2.33. The van der Waals surface area contributed by atoms with E-state index in [1.54, 1.807) is 18.3 Å². The van der Waals surface area contributed by atoms with E-state index in [9.17, 15) is 4.79 Å². The molecule has 0 atom stereocenters. The summed E-state index contributed by atoms with van der Waals surface area (Å²) in [4.78, 5) is 19.0. The van der Waals surface area contributed by atoms with Crippen molar-refractivity contribution < 1.29 is 9.53 Å². The average Bonchev–Trinajstić information content (AvgIpc) is 2.63. The van der Waals surface area contributed by atoms with Crippen LogP contribution >= 0.6 is 0 Å². The van der Waals surface area contributed by atoms with Crippen LogP contribution in [-0.4, -0.2) is 48.6 Å². The van der Waals surface area contributed by atoms with E-state index in [2.05, 4.69) is 34.4 Å². The topological polar surface area (TPSA) is 66.5 Å². The van der Waals surface area contributed by atoms with E-state index in [1.807, 2.05) is 38.2 Å². The lowest BCUT2D eigenvalue weighted by Gasteiger charge is -2.21. The van der Waals surface area contributed by atoms with Gasteiger partial charge in [-0.2, -0.15) is 0 Å². The fraction of sp³-hybridized carbons (Fsp3) is 0.400. The molecule has 2 N–H and O–H groups in total. The molecule has 0 bridgehead atoms. The maximum absolute atomic E-state index is 12.5. The molecule has 1 aromatic heterocycles. The largest absolute Gasteiger partial charge is 0.494 e. The van der Waals surface area contributed by atoms with Gasteiger partial charge in [0.2, 0.25) is 0 Å². The highest BCUT2D eigenvalue weighted by Crippen LogP contribution is 2.21. The Balaban J connectivity index is 2.01. The van der Waals surface area contributed by atoms with Crippen LogP contribution in [0.25, 0.3) is 0 Å². The molecule has 2 rings (SSSR count). The van der Waals surface area contributed by atoms with Crippen molar-refractivity contribution in [3.63, 3.8) is 0 Å². The summed E-state index contributed by atoms with van der Waals surface area (Å²) in [6, 6.07) is 11.6. The van der Waals surface area contributed by atoms with Crippen molar-refractivity contribution >= 4 is 17.4 Å². The first-order valence-corrected chi connectivity index (χ1v) is 8.94. The summed E-state index contributed by atoms with van der Waals surface area (Å²) < 4.78 is 5.44. The van der Waals surface area contributed by atoms with Crippen LogP contribution in [0, 0.1) is 0 Å². The lowest BCUT2D eigenvalue weighted by Crippen LogP contribution is -2.36. The fourth-order valence-corrected chi connectivity index (χ4v) is 2.33. The Bertz CT molecular complexity index is 701. The number of ether oxygens (including phenoxy) is 1. The molecule has 0 spiro atoms. The summed E-state index contributed by atoms with van der Waals surface area (Å²) in [6.07, 6.45) is 1.67. The maximum Gasteiger partial charge on any atom is 0.255 e. The highest BCUT2D eigenvalue weighted by molar-refractivity contribution is 5.99. The van der Waals surface area contributed by atoms with Crippen molar-refractivity contribution in [3.8, 4) is 5.75 Å². The molecule has 6 nitrogen and oxygen atoms in total. The van der Waals surface area contributed by atoms with Crippen molar-refractivity contribution in [2.75, 3.05) is 32.1 Å². The van der Waals surface area contributed by atoms with Crippen LogP contribution in [0.3, 0.4) is 0 Å². The summed E-state index contributed by atoms with van der Waals surface area (Å²) in [7, 11) is 2.04. The molecule has 2 aromatic rings. The predicted octanol–water partition coefficient (Wildman–Crippen LogP) is 3.29. The van der Waals surface area contributed by atoms with Crippen molar-refractivity contribution in [1.29, 1.82) is 0 Å². The molecule has 0 saturated carbocycles. The third-order valence-electron chi connectivity index (χ3n) is 4.11. The smallest absolute Gasteiger partial charge is 0.255 e. The van der Waals surface area contributed by atoms with Crippen LogP contribution in [0.5, 0.6) is 5.75 Å². The van der Waals surface area contributed by atoms with Crippen molar-refractivity contribution in [3.05, 3.63) is 48.2 Å². The van der Waals surface area contributed by atoms with Crippen molar-refractivity contribution in [2.45, 2.75) is 26.8 Å². The molecule has 0 aliphatic rings. The molecular weight excluding hydrogens is 328 g/mol. The van der Waals surface area contributed by atoms with Gasteiger partial charge < -0.3 is 20.3 Å². The molecule has 0 radical (unpaired) electrons. The van der Waals surface area contributed by atoms with Gasteiger partial charge in [-0.1, -0.05) is 0 Å². The van der Waals surface area contributed by atoms with Gasteiger partial charge in [-0.05, 0) is 64.2 Å². The number of anilines is 2. The third kappa shape index (κ3) is 5.74. The second-order valence-corrected chi connectivity index (χ2v) is 6.31. The molecule has 1 heterocycles. The predicted molar refractivity (Wildman–Crippen MR) is 105 cm³/mol. The van der Waals surface area contributed by atoms with Gasteiger partial charge in [0.1, 0.15) is 11.6 Å². The molecule has 0 saturated heterocycles. The van der Waals surface area contributed by atoms with E-state index in [0.717, 1.165) is 18.0 Å². The number of nitrogens with one attached hydrogen (secondary N) is 2. The first kappa shape index (κ1) is 19.7. The van der Waals surface area contributed by atoms with Crippen LogP contribution in [-0.2, 0) is 0 Å². The Hall–Kier alpha value is -2.60. The number of rotatable bonds is 9. The number of hydrogen-bond donors (Lipinski definition) is 2. The van der Waals surface area contributed by atoms with Crippen LogP contribution in [0.1, 0.15) is 31.1 Å². The molecule has 1 amide bonds. The molecule has 1 aromatic carbocycles. The van der Waals surface area contributed by atoms with Crippen LogP contribution in [0.4, 0.5) is 11.5 Å². The van der Waals surface area contributed by atoms with Gasteiger partial charge in [0.05, 0.1) is 12.2 Å². The second-order valence-electron chi connectivity index (χ2n) is 6.31. The van der Waals surface area contributed by atoms with Crippen LogP contribution in [0.15, 0.2) is 42.6 Å². The minimum Gasteiger partial charge on any atom is -0.494 e. The molecule has 0 aliphatic heterocycles. The SMILES string of the molecule is CCOc1ccc(Nc2ncccc2C(=O)NCCN(C)C(C)C)cc1. The highest BCUT2D eigenvalue weighted by atomic mass is 16.5. The quantitative estimate of drug-likeness (QED) is 0.722. The minimum absolute atomic E-state index is 0.135. The van der Waals surface area contributed by atoms with Crippen molar-refractivity contribution in [2.24, 2.45) is 0 Å². The molecule has 0 unspecified atom stereocenters. The zero-order valence-electron chi connectivity index (χ0n) is 16.0. The lowest BCUT2D eigenvalue weighted by atomic mass is 10.2. The Morgan fingerprint density at radius 3 is 2.62 bits per heavy atom. The average molecular weight is 356 g/mol. The van der Waals surface area contributed by atoms with E-state index >= 15 is 0 Å². The molecule has 6 heteroatoms. The summed E-state index contributed by atoms with van der Waals surface area (Å²) in [5.74, 6) is 1.21. The van der Waals surface area contributed by atoms with E-state index in [4.69, 9.17) is 4.74 Å². The summed E-state index contributed by atoms with van der Waals surface area (Å²) in [6.45, 7) is 8.22. The Kier molecular flexibility index (Phi) is 7.41. The molecule has 140 valence electrons. The van der Waals surface area contributed by atoms with E-state index in [1.165, 1.54) is 0 Å². The van der Waals surface area contributed by atoms with Gasteiger partial charge in [0, 0.05) is 31.0 Å². The summed E-state index contributed by atoms with van der Waals surface area (Å²) >= 11 is 0. The first-order chi connectivity index (χ1) is 12.5. The van der Waals surface area contributed by atoms with E-state index in [-0.39, 0.29) is 5.91 Å². The number of nitrogens with zero attached hydrogens (tertiary/aromatic N) is 2. The Morgan fingerprint density at radius 2 is 1.96 bits per heavy atom.